The van der Waals surface area contributed by atoms with Crippen molar-refractivity contribution in [3.8, 4) is 23.0 Å². The first-order valence-corrected chi connectivity index (χ1v) is 16.9. The summed E-state index contributed by atoms with van der Waals surface area (Å²) in [4.78, 5) is 37.2. The Morgan fingerprint density at radius 3 is 2.19 bits per heavy atom. The molecule has 0 aliphatic carbocycles. The van der Waals surface area contributed by atoms with Gasteiger partial charge in [-0.05, 0) is 63.5 Å². The Kier molecular flexibility index (Phi) is 9.35. The van der Waals surface area contributed by atoms with Gasteiger partial charge in [0, 0.05) is 37.5 Å². The van der Waals surface area contributed by atoms with E-state index in [9.17, 15) is 14.7 Å². The molecule has 48 heavy (non-hydrogen) atoms. The van der Waals surface area contributed by atoms with Gasteiger partial charge in [-0.1, -0.05) is 26.0 Å². The topological polar surface area (TPSA) is 113 Å². The van der Waals surface area contributed by atoms with E-state index in [4.69, 9.17) is 18.9 Å². The molecule has 2 saturated heterocycles. The molecule has 0 spiro atoms. The van der Waals surface area contributed by atoms with Crippen molar-refractivity contribution < 1.29 is 33.6 Å². The van der Waals surface area contributed by atoms with E-state index in [1.54, 1.807) is 37.3 Å². The molecule has 6 rings (SSSR count). The van der Waals surface area contributed by atoms with E-state index in [0.717, 1.165) is 31.3 Å². The lowest BCUT2D eigenvalue weighted by Crippen LogP contribution is -2.50. The maximum atomic E-state index is 13.6. The number of carbonyl (C=O) groups excluding carboxylic acids is 2. The van der Waals surface area contributed by atoms with Gasteiger partial charge < -0.3 is 38.8 Å². The zero-order valence-corrected chi connectivity index (χ0v) is 29.0. The number of fused-ring (bicyclic) bond motifs is 4. The van der Waals surface area contributed by atoms with Crippen molar-refractivity contribution in [1.29, 1.82) is 0 Å². The monoisotopic (exact) mass is 660 g/mol. The lowest BCUT2D eigenvalue weighted by molar-refractivity contribution is 0.0497. The summed E-state index contributed by atoms with van der Waals surface area (Å²) in [6, 6.07) is 6.66. The highest BCUT2D eigenvalue weighted by molar-refractivity contribution is 6.04. The van der Waals surface area contributed by atoms with Crippen LogP contribution in [0, 0.1) is 5.41 Å². The molecular weight excluding hydrogens is 612 g/mol. The molecule has 0 saturated carbocycles. The Balaban J connectivity index is 1.06. The number of aliphatic hydroxyl groups is 1. The average Bonchev–Trinajstić information content (AvgIpc) is 3.55. The fraction of sp³-hybridized carbons (Fsp3) is 0.541. The minimum absolute atomic E-state index is 0.00921. The Bertz CT molecular complexity index is 1620. The van der Waals surface area contributed by atoms with Gasteiger partial charge in [-0.15, -0.1) is 0 Å². The Labute approximate surface area is 283 Å². The van der Waals surface area contributed by atoms with Crippen LogP contribution in [0.1, 0.15) is 80.5 Å². The predicted octanol–water partition coefficient (Wildman–Crippen LogP) is 5.61. The van der Waals surface area contributed by atoms with Crippen LogP contribution < -0.4 is 23.8 Å². The standard InChI is InChI=1S/C37H48N4O7/c1-22(2)41-28-17-33(31(46-7)15-26(28)35(43)39-20-23(3)13-29(39)36(41)44)48-12-10-8-9-11-47-32-16-27-25(14-30(32)45-6)34(42)40-21-37(4,5)18-24(40)19-38-27/h14-17,19,22,24,29,36,44H,3,8-13,18,20-21H2,1-2,4-7H3/t24-,29-,36-/m0/s1. The van der Waals surface area contributed by atoms with E-state index in [0.29, 0.717) is 78.2 Å². The van der Waals surface area contributed by atoms with E-state index in [-0.39, 0.29) is 35.4 Å². The van der Waals surface area contributed by atoms with Gasteiger partial charge in [-0.2, -0.15) is 0 Å². The summed E-state index contributed by atoms with van der Waals surface area (Å²) in [7, 11) is 3.14. The summed E-state index contributed by atoms with van der Waals surface area (Å²) >= 11 is 0. The molecule has 258 valence electrons. The number of ether oxygens (including phenoxy) is 4. The summed E-state index contributed by atoms with van der Waals surface area (Å²) in [5, 5.41) is 11.4. The third-order valence-corrected chi connectivity index (χ3v) is 9.75. The van der Waals surface area contributed by atoms with Crippen LogP contribution in [0.25, 0.3) is 0 Å². The molecule has 0 aromatic heterocycles. The van der Waals surface area contributed by atoms with Gasteiger partial charge >= 0.3 is 0 Å². The summed E-state index contributed by atoms with van der Waals surface area (Å²) in [6.45, 7) is 14.5. The number of benzene rings is 2. The third-order valence-electron chi connectivity index (χ3n) is 9.75. The van der Waals surface area contributed by atoms with E-state index in [1.807, 2.05) is 35.9 Å². The largest absolute Gasteiger partial charge is 0.493 e. The number of unbranched alkanes of at least 4 members (excludes halogenated alkanes) is 2. The molecule has 2 aromatic rings. The highest BCUT2D eigenvalue weighted by Gasteiger charge is 2.45. The zero-order chi connectivity index (χ0) is 34.3. The van der Waals surface area contributed by atoms with Crippen molar-refractivity contribution in [3.05, 3.63) is 47.5 Å². The van der Waals surface area contributed by atoms with E-state index < -0.39 is 6.23 Å². The van der Waals surface area contributed by atoms with Gasteiger partial charge in [-0.3, -0.25) is 14.6 Å². The van der Waals surface area contributed by atoms with E-state index in [1.165, 1.54) is 0 Å². The Hall–Kier alpha value is -4.25. The second-order valence-corrected chi connectivity index (χ2v) is 14.3. The van der Waals surface area contributed by atoms with Gasteiger partial charge in [0.2, 0.25) is 0 Å². The number of aliphatic hydroxyl groups excluding tert-OH is 1. The second-order valence-electron chi connectivity index (χ2n) is 14.3. The van der Waals surface area contributed by atoms with Crippen molar-refractivity contribution in [3.63, 3.8) is 0 Å². The van der Waals surface area contributed by atoms with Crippen molar-refractivity contribution in [1.82, 2.24) is 9.80 Å². The van der Waals surface area contributed by atoms with Crippen LogP contribution in [0.15, 0.2) is 41.4 Å². The fourth-order valence-corrected chi connectivity index (χ4v) is 7.43. The normalized spacial score (nSPS) is 22.6. The van der Waals surface area contributed by atoms with Crippen LogP contribution in [0.4, 0.5) is 11.4 Å². The van der Waals surface area contributed by atoms with Crippen molar-refractivity contribution in [2.75, 3.05) is 45.4 Å². The smallest absolute Gasteiger partial charge is 0.256 e. The predicted molar refractivity (Wildman–Crippen MR) is 184 cm³/mol. The van der Waals surface area contributed by atoms with Gasteiger partial charge in [0.15, 0.2) is 23.0 Å². The van der Waals surface area contributed by atoms with Gasteiger partial charge in [0.05, 0.1) is 62.0 Å². The fourth-order valence-electron chi connectivity index (χ4n) is 7.43. The van der Waals surface area contributed by atoms with Crippen LogP contribution in [0.2, 0.25) is 0 Å². The molecule has 3 atom stereocenters. The first-order chi connectivity index (χ1) is 22.9. The minimum Gasteiger partial charge on any atom is -0.493 e. The summed E-state index contributed by atoms with van der Waals surface area (Å²) in [5.74, 6) is 1.90. The van der Waals surface area contributed by atoms with Crippen molar-refractivity contribution in [2.24, 2.45) is 10.4 Å². The number of nitrogens with zero attached hydrogens (tertiary/aromatic N) is 4. The van der Waals surface area contributed by atoms with Crippen molar-refractivity contribution >= 4 is 29.4 Å². The van der Waals surface area contributed by atoms with Gasteiger partial charge in [0.1, 0.15) is 6.23 Å². The number of hydrogen-bond acceptors (Lipinski definition) is 9. The van der Waals surface area contributed by atoms with E-state index >= 15 is 0 Å². The van der Waals surface area contributed by atoms with Crippen LogP contribution in [0.3, 0.4) is 0 Å². The number of carbonyl (C=O) groups is 2. The van der Waals surface area contributed by atoms with E-state index in [2.05, 4.69) is 25.4 Å². The second kappa shape index (κ2) is 13.3. The maximum absolute atomic E-state index is 13.6. The average molecular weight is 661 g/mol. The molecular formula is C37H48N4O7. The number of aliphatic imine (C=N–C) groups is 1. The van der Waals surface area contributed by atoms with Crippen LogP contribution in [-0.4, -0.2) is 97.8 Å². The number of methoxy groups -OCH3 is 2. The first-order valence-electron chi connectivity index (χ1n) is 16.9. The Morgan fingerprint density at radius 1 is 0.917 bits per heavy atom. The molecule has 0 unspecified atom stereocenters. The number of hydrogen-bond donors (Lipinski definition) is 1. The quantitative estimate of drug-likeness (QED) is 0.245. The zero-order valence-electron chi connectivity index (χ0n) is 29.0. The highest BCUT2D eigenvalue weighted by Crippen LogP contribution is 2.43. The lowest BCUT2D eigenvalue weighted by atomic mass is 9.91. The van der Waals surface area contributed by atoms with Gasteiger partial charge in [0.25, 0.3) is 11.8 Å². The maximum Gasteiger partial charge on any atom is 0.256 e. The van der Waals surface area contributed by atoms with Gasteiger partial charge in [-0.25, -0.2) is 0 Å². The highest BCUT2D eigenvalue weighted by atomic mass is 16.5. The molecule has 11 heteroatoms. The number of amides is 2. The molecule has 11 nitrogen and oxygen atoms in total. The third kappa shape index (κ3) is 6.32. The molecule has 4 heterocycles. The van der Waals surface area contributed by atoms with Crippen LogP contribution in [0.5, 0.6) is 23.0 Å². The minimum atomic E-state index is -0.869. The molecule has 4 aliphatic rings. The lowest BCUT2D eigenvalue weighted by Gasteiger charge is -2.36. The number of anilines is 1. The molecule has 2 fully saturated rings. The molecule has 4 aliphatic heterocycles. The Morgan fingerprint density at radius 2 is 1.54 bits per heavy atom. The molecule has 0 radical (unpaired) electrons. The SMILES string of the molecule is C=C1C[C@H]2[C@H](O)N(C(C)C)c3cc(OCCCCCOc4cc5c(cc4OC)C(=O)N4CC(C)(C)C[C@H]4C=N5)c(OC)cc3C(=O)N2C1. The molecule has 2 amide bonds. The molecule has 1 N–H and O–H groups in total. The number of rotatable bonds is 11. The van der Waals surface area contributed by atoms with Crippen LogP contribution >= 0.6 is 0 Å². The van der Waals surface area contributed by atoms with Crippen molar-refractivity contribution in [2.45, 2.75) is 84.2 Å². The molecule has 2 aromatic carbocycles. The first kappa shape index (κ1) is 33.6. The van der Waals surface area contributed by atoms with Crippen LogP contribution in [-0.2, 0) is 0 Å². The summed E-state index contributed by atoms with van der Waals surface area (Å²) in [6.07, 6.45) is 4.86. The molecule has 0 bridgehead atoms. The summed E-state index contributed by atoms with van der Waals surface area (Å²) < 4.78 is 23.5. The summed E-state index contributed by atoms with van der Waals surface area (Å²) in [5.41, 5.74) is 3.24.